The monoisotopic (exact) mass is 370 g/mol. The van der Waals surface area contributed by atoms with Crippen molar-refractivity contribution in [3.05, 3.63) is 41.5 Å². The van der Waals surface area contributed by atoms with Gasteiger partial charge in [-0.25, -0.2) is 14.7 Å². The number of aliphatic imine (C=N–C) groups is 1. The van der Waals surface area contributed by atoms with E-state index in [1.54, 1.807) is 0 Å². The maximum Gasteiger partial charge on any atom is 0.191 e. The third-order valence-corrected chi connectivity index (χ3v) is 4.56. The van der Waals surface area contributed by atoms with Crippen molar-refractivity contribution in [1.29, 1.82) is 0 Å². The third-order valence-electron chi connectivity index (χ3n) is 4.56. The summed E-state index contributed by atoms with van der Waals surface area (Å²) < 4.78 is 8.04. The van der Waals surface area contributed by atoms with Crippen molar-refractivity contribution in [3.8, 4) is 5.75 Å². The van der Waals surface area contributed by atoms with E-state index in [1.165, 1.54) is 0 Å². The molecule has 7 nitrogen and oxygen atoms in total. The molecule has 0 saturated carbocycles. The molecule has 0 fully saturated rings. The zero-order valence-electron chi connectivity index (χ0n) is 16.7. The zero-order valence-corrected chi connectivity index (χ0v) is 16.7. The van der Waals surface area contributed by atoms with Crippen molar-refractivity contribution in [2.75, 3.05) is 13.1 Å². The van der Waals surface area contributed by atoms with Crippen LogP contribution in [0.3, 0.4) is 0 Å². The Kier molecular flexibility index (Phi) is 6.32. The molecule has 0 bridgehead atoms. The molecular formula is C20H30N6O. The number of aryl methyl sites for hydroxylation is 3. The smallest absolute Gasteiger partial charge is 0.191 e. The lowest BCUT2D eigenvalue weighted by Crippen LogP contribution is -2.42. The van der Waals surface area contributed by atoms with Gasteiger partial charge in [-0.2, -0.15) is 5.10 Å². The fraction of sp³-hybridized carbons (Fsp3) is 0.550. The van der Waals surface area contributed by atoms with Crippen LogP contribution < -0.4 is 15.4 Å². The Bertz CT molecular complexity index is 785. The molecule has 0 saturated heterocycles. The summed E-state index contributed by atoms with van der Waals surface area (Å²) in [4.78, 5) is 9.31. The lowest BCUT2D eigenvalue weighted by Gasteiger charge is -2.25. The van der Waals surface area contributed by atoms with Gasteiger partial charge < -0.3 is 15.4 Å². The Morgan fingerprint density at radius 2 is 2.19 bits per heavy atom. The molecule has 0 spiro atoms. The summed E-state index contributed by atoms with van der Waals surface area (Å²) in [6.07, 6.45) is 2.09. The fourth-order valence-corrected chi connectivity index (χ4v) is 3.25. The van der Waals surface area contributed by atoms with Crippen molar-refractivity contribution >= 4 is 5.96 Å². The second-order valence-electron chi connectivity index (χ2n) is 6.99. The Balaban J connectivity index is 1.64. The quantitative estimate of drug-likeness (QED) is 0.604. The molecule has 0 aliphatic carbocycles. The molecule has 0 radical (unpaired) electrons. The predicted molar refractivity (Wildman–Crippen MR) is 107 cm³/mol. The number of para-hydroxylation sites is 1. The van der Waals surface area contributed by atoms with Crippen molar-refractivity contribution in [3.63, 3.8) is 0 Å². The van der Waals surface area contributed by atoms with Gasteiger partial charge in [0, 0.05) is 13.1 Å². The summed E-state index contributed by atoms with van der Waals surface area (Å²) in [7, 11) is 0. The van der Waals surface area contributed by atoms with Gasteiger partial charge in [-0.15, -0.1) is 0 Å². The normalized spacial score (nSPS) is 17.9. The third kappa shape index (κ3) is 4.99. The highest BCUT2D eigenvalue weighted by molar-refractivity contribution is 5.80. The van der Waals surface area contributed by atoms with Crippen LogP contribution in [0.5, 0.6) is 5.75 Å². The maximum atomic E-state index is 6.03. The number of fused-ring (bicyclic) bond motifs is 1. The first-order chi connectivity index (χ1) is 13.1. The van der Waals surface area contributed by atoms with Crippen LogP contribution in [0, 0.1) is 13.8 Å². The van der Waals surface area contributed by atoms with E-state index in [-0.39, 0.29) is 12.1 Å². The maximum absolute atomic E-state index is 6.03. The van der Waals surface area contributed by atoms with Crippen LogP contribution >= 0.6 is 0 Å². The Hall–Kier alpha value is -2.57. The van der Waals surface area contributed by atoms with E-state index in [0.717, 1.165) is 54.9 Å². The number of nitrogens with zero attached hydrogens (tertiary/aromatic N) is 4. The van der Waals surface area contributed by atoms with Gasteiger partial charge in [0.2, 0.25) is 0 Å². The number of nitrogens with one attached hydrogen (secondary N) is 2. The molecule has 2 unspecified atom stereocenters. The molecule has 2 N–H and O–H groups in total. The lowest BCUT2D eigenvalue weighted by atomic mass is 10.1. The van der Waals surface area contributed by atoms with Gasteiger partial charge in [-0.1, -0.05) is 18.2 Å². The van der Waals surface area contributed by atoms with Crippen LogP contribution in [0.1, 0.15) is 49.9 Å². The average Bonchev–Trinajstić information content (AvgIpc) is 3.03. The number of aromatic nitrogens is 3. The fourth-order valence-electron chi connectivity index (χ4n) is 3.25. The van der Waals surface area contributed by atoms with Gasteiger partial charge in [0.1, 0.15) is 23.5 Å². The molecule has 7 heteroatoms. The molecule has 2 atom stereocenters. The van der Waals surface area contributed by atoms with Crippen LogP contribution in [0.15, 0.2) is 29.3 Å². The summed E-state index contributed by atoms with van der Waals surface area (Å²) >= 11 is 0. The highest BCUT2D eigenvalue weighted by Gasteiger charge is 2.24. The molecule has 1 aliphatic heterocycles. The molecule has 146 valence electrons. The number of hydrogen-bond donors (Lipinski definition) is 2. The van der Waals surface area contributed by atoms with Crippen LogP contribution in [0.2, 0.25) is 0 Å². The number of guanidine groups is 1. The van der Waals surface area contributed by atoms with E-state index in [2.05, 4.69) is 40.6 Å². The van der Waals surface area contributed by atoms with E-state index >= 15 is 0 Å². The predicted octanol–water partition coefficient (Wildman–Crippen LogP) is 2.75. The first kappa shape index (κ1) is 19.2. The van der Waals surface area contributed by atoms with Gasteiger partial charge in [-0.05, 0) is 52.2 Å². The minimum Gasteiger partial charge on any atom is -0.489 e. The number of ether oxygens (including phenoxy) is 1. The number of benzene rings is 1. The molecule has 1 aliphatic rings. The summed E-state index contributed by atoms with van der Waals surface area (Å²) in [5, 5.41) is 11.3. The summed E-state index contributed by atoms with van der Waals surface area (Å²) in [5.41, 5.74) is 1.13. The Labute approximate surface area is 161 Å². The topological polar surface area (TPSA) is 76.4 Å². The first-order valence-electron chi connectivity index (χ1n) is 9.75. The molecule has 2 heterocycles. The molecule has 3 rings (SSSR count). The molecular weight excluding hydrogens is 340 g/mol. The van der Waals surface area contributed by atoms with E-state index in [9.17, 15) is 0 Å². The first-order valence-corrected chi connectivity index (χ1v) is 9.75. The standard InChI is InChI=1S/C20H30N6O/c1-5-21-20(22-13-15(3)27-18-11-7-6-9-14(18)2)24-17-10-8-12-26-19(17)23-16(4)25-26/h6-7,9,11,15,17H,5,8,10,12-13H2,1-4H3,(H2,21,22,24). The summed E-state index contributed by atoms with van der Waals surface area (Å²) in [5.74, 6) is 3.51. The minimum atomic E-state index is -0.0150. The van der Waals surface area contributed by atoms with E-state index in [1.807, 2.05) is 36.7 Å². The molecule has 2 aromatic rings. The minimum absolute atomic E-state index is 0.0150. The van der Waals surface area contributed by atoms with Gasteiger partial charge in [0.05, 0.1) is 12.6 Å². The highest BCUT2D eigenvalue weighted by atomic mass is 16.5. The number of rotatable bonds is 6. The van der Waals surface area contributed by atoms with Crippen LogP contribution in [0.4, 0.5) is 0 Å². The van der Waals surface area contributed by atoms with Crippen molar-refractivity contribution < 1.29 is 4.74 Å². The molecule has 1 aromatic heterocycles. The van der Waals surface area contributed by atoms with Gasteiger partial charge in [-0.3, -0.25) is 0 Å². The van der Waals surface area contributed by atoms with E-state index in [4.69, 9.17) is 9.73 Å². The van der Waals surface area contributed by atoms with Gasteiger partial charge in [0.15, 0.2) is 5.96 Å². The van der Waals surface area contributed by atoms with Crippen molar-refractivity contribution in [2.45, 2.75) is 59.2 Å². The summed E-state index contributed by atoms with van der Waals surface area (Å²) in [6, 6.07) is 8.19. The highest BCUT2D eigenvalue weighted by Crippen LogP contribution is 2.23. The van der Waals surface area contributed by atoms with Crippen LogP contribution in [-0.2, 0) is 6.54 Å². The Morgan fingerprint density at radius 1 is 1.37 bits per heavy atom. The second kappa shape index (κ2) is 8.88. The van der Waals surface area contributed by atoms with E-state index < -0.39 is 0 Å². The van der Waals surface area contributed by atoms with Gasteiger partial charge >= 0.3 is 0 Å². The SMILES string of the molecule is CCNC(=NCC(C)Oc1ccccc1C)NC1CCCn2nc(C)nc21. The molecule has 1 aromatic carbocycles. The van der Waals surface area contributed by atoms with Crippen LogP contribution in [-0.4, -0.2) is 39.9 Å². The second-order valence-corrected chi connectivity index (χ2v) is 6.99. The summed E-state index contributed by atoms with van der Waals surface area (Å²) in [6.45, 7) is 10.4. The molecule has 0 amide bonds. The van der Waals surface area contributed by atoms with Crippen molar-refractivity contribution in [1.82, 2.24) is 25.4 Å². The zero-order chi connectivity index (χ0) is 19.2. The lowest BCUT2D eigenvalue weighted by molar-refractivity contribution is 0.228. The average molecular weight is 371 g/mol. The Morgan fingerprint density at radius 3 is 2.96 bits per heavy atom. The number of hydrogen-bond acceptors (Lipinski definition) is 4. The van der Waals surface area contributed by atoms with Crippen molar-refractivity contribution in [2.24, 2.45) is 4.99 Å². The van der Waals surface area contributed by atoms with Crippen LogP contribution in [0.25, 0.3) is 0 Å². The molecule has 27 heavy (non-hydrogen) atoms. The van der Waals surface area contributed by atoms with Gasteiger partial charge in [0.25, 0.3) is 0 Å². The van der Waals surface area contributed by atoms with E-state index in [0.29, 0.717) is 6.54 Å². The largest absolute Gasteiger partial charge is 0.489 e.